The molecule has 1 amide bonds. The Morgan fingerprint density at radius 3 is 2.71 bits per heavy atom. The summed E-state index contributed by atoms with van der Waals surface area (Å²) in [6.07, 6.45) is 9.25. The van der Waals surface area contributed by atoms with Crippen molar-refractivity contribution < 1.29 is 14.3 Å². The molecule has 0 atom stereocenters. The van der Waals surface area contributed by atoms with Crippen LogP contribution in [0.1, 0.15) is 47.9 Å². The molecule has 1 saturated heterocycles. The van der Waals surface area contributed by atoms with Gasteiger partial charge in [-0.2, -0.15) is 10.2 Å². The summed E-state index contributed by atoms with van der Waals surface area (Å²) in [6.45, 7) is 3.22. The Hall–Kier alpha value is -3.56. The van der Waals surface area contributed by atoms with Gasteiger partial charge < -0.3 is 14.8 Å². The van der Waals surface area contributed by atoms with Crippen molar-refractivity contribution in [2.24, 2.45) is 0 Å². The van der Waals surface area contributed by atoms with Crippen molar-refractivity contribution in [3.05, 3.63) is 66.4 Å². The van der Waals surface area contributed by atoms with Crippen molar-refractivity contribution >= 4 is 22.5 Å². The lowest BCUT2D eigenvalue weighted by Crippen LogP contribution is -2.35. The molecule has 1 spiro atoms. The van der Waals surface area contributed by atoms with Crippen molar-refractivity contribution in [2.45, 2.75) is 44.4 Å². The molecule has 1 aliphatic heterocycles. The van der Waals surface area contributed by atoms with Crippen molar-refractivity contribution in [1.82, 2.24) is 24.5 Å². The van der Waals surface area contributed by atoms with E-state index in [2.05, 4.69) is 21.6 Å². The van der Waals surface area contributed by atoms with Gasteiger partial charge in [-0.05, 0) is 50.1 Å². The maximum absolute atomic E-state index is 13.0. The average molecular weight is 459 g/mol. The third kappa shape index (κ3) is 3.86. The van der Waals surface area contributed by atoms with E-state index in [0.29, 0.717) is 24.6 Å². The van der Waals surface area contributed by atoms with Crippen LogP contribution in [0.5, 0.6) is 0 Å². The van der Waals surface area contributed by atoms with Gasteiger partial charge in [0.2, 0.25) is 0 Å². The summed E-state index contributed by atoms with van der Waals surface area (Å²) in [5, 5.41) is 13.2. The van der Waals surface area contributed by atoms with Crippen molar-refractivity contribution in [3.8, 4) is 5.69 Å². The number of amides is 1. The first-order chi connectivity index (χ1) is 16.6. The summed E-state index contributed by atoms with van der Waals surface area (Å²) in [4.78, 5) is 17.3. The lowest BCUT2D eigenvalue weighted by Gasteiger charge is -2.35. The molecule has 2 aliphatic rings. The molecule has 6 rings (SSSR count). The maximum Gasteiger partial charge on any atom is 0.274 e. The third-order valence-electron chi connectivity index (χ3n) is 6.66. The van der Waals surface area contributed by atoms with Gasteiger partial charge in [0.05, 0.1) is 36.1 Å². The molecular formula is C25H26N6O3. The fourth-order valence-electron chi connectivity index (χ4n) is 4.92. The summed E-state index contributed by atoms with van der Waals surface area (Å²) in [6, 6.07) is 11.5. The highest BCUT2D eigenvalue weighted by Gasteiger charge is 2.40. The summed E-state index contributed by atoms with van der Waals surface area (Å²) < 4.78 is 15.5. The average Bonchev–Trinajstić information content (AvgIpc) is 3.60. The molecule has 3 aromatic heterocycles. The number of carbonyl (C=O) groups excluding carboxylic acids is 1. The van der Waals surface area contributed by atoms with E-state index in [4.69, 9.17) is 14.6 Å². The van der Waals surface area contributed by atoms with Crippen LogP contribution in [0.4, 0.5) is 5.69 Å². The van der Waals surface area contributed by atoms with Crippen LogP contribution in [0.3, 0.4) is 0 Å². The molecular weight excluding hydrogens is 432 g/mol. The summed E-state index contributed by atoms with van der Waals surface area (Å²) in [5.41, 5.74) is 3.42. The van der Waals surface area contributed by atoms with Crippen LogP contribution in [0.2, 0.25) is 0 Å². The largest absolute Gasteiger partial charge is 0.348 e. The minimum Gasteiger partial charge on any atom is -0.348 e. The molecule has 34 heavy (non-hydrogen) atoms. The third-order valence-corrected chi connectivity index (χ3v) is 6.66. The number of carbonyl (C=O) groups is 1. The first-order valence-electron chi connectivity index (χ1n) is 11.6. The predicted octanol–water partition coefficient (Wildman–Crippen LogP) is 4.04. The quantitative estimate of drug-likeness (QED) is 0.496. The standard InChI is InChI=1S/C25H26N6O3/c1-17-4-2-5-20(27-17)24(32)28-22-14-18-16-31(19-6-8-25(9-7-19)33-12-13-34-25)29-21(18)15-23(22)30-11-3-10-26-30/h2-5,10-11,14-16,19H,6-9,12-13H2,1H3,(H,28,32). The Labute approximate surface area is 196 Å². The SMILES string of the molecule is Cc1cccc(C(=O)Nc2cc3cn(C4CCC5(CC4)OCCO5)nc3cc2-n2cccn2)n1. The summed E-state index contributed by atoms with van der Waals surface area (Å²) in [7, 11) is 0. The molecule has 1 N–H and O–H groups in total. The Kier molecular flexibility index (Phi) is 5.15. The van der Waals surface area contributed by atoms with Crippen molar-refractivity contribution in [3.63, 3.8) is 0 Å². The Morgan fingerprint density at radius 2 is 1.97 bits per heavy atom. The first kappa shape index (κ1) is 21.0. The van der Waals surface area contributed by atoms with Crippen LogP contribution in [-0.4, -0.2) is 49.5 Å². The zero-order valence-corrected chi connectivity index (χ0v) is 19.0. The van der Waals surface area contributed by atoms with Crippen LogP contribution in [0.15, 0.2) is 55.0 Å². The van der Waals surface area contributed by atoms with Crippen molar-refractivity contribution in [2.75, 3.05) is 18.5 Å². The van der Waals surface area contributed by atoms with Gasteiger partial charge in [-0.1, -0.05) is 6.07 Å². The smallest absolute Gasteiger partial charge is 0.274 e. The van der Waals surface area contributed by atoms with Crippen molar-refractivity contribution in [1.29, 1.82) is 0 Å². The lowest BCUT2D eigenvalue weighted by atomic mass is 9.90. The number of aromatic nitrogens is 5. The van der Waals surface area contributed by atoms with Gasteiger partial charge in [0.25, 0.3) is 5.91 Å². The number of rotatable bonds is 4. The predicted molar refractivity (Wildman–Crippen MR) is 126 cm³/mol. The van der Waals surface area contributed by atoms with Gasteiger partial charge >= 0.3 is 0 Å². The maximum atomic E-state index is 13.0. The molecule has 1 saturated carbocycles. The second-order valence-electron chi connectivity index (χ2n) is 8.95. The molecule has 0 radical (unpaired) electrons. The molecule has 9 heteroatoms. The van der Waals surface area contributed by atoms with Gasteiger partial charge in [-0.25, -0.2) is 9.67 Å². The minimum atomic E-state index is -0.391. The summed E-state index contributed by atoms with van der Waals surface area (Å²) in [5.74, 6) is -0.657. The van der Waals surface area contributed by atoms with Gasteiger partial charge in [-0.3, -0.25) is 9.48 Å². The molecule has 4 aromatic rings. The minimum absolute atomic E-state index is 0.266. The lowest BCUT2D eigenvalue weighted by molar-refractivity contribution is -0.181. The highest BCUT2D eigenvalue weighted by Crippen LogP contribution is 2.40. The Balaban J connectivity index is 1.32. The van der Waals surface area contributed by atoms with E-state index in [1.54, 1.807) is 16.9 Å². The fourth-order valence-corrected chi connectivity index (χ4v) is 4.92. The highest BCUT2D eigenvalue weighted by molar-refractivity contribution is 6.05. The number of nitrogens with one attached hydrogen (secondary N) is 1. The van der Waals surface area contributed by atoms with E-state index < -0.39 is 5.79 Å². The summed E-state index contributed by atoms with van der Waals surface area (Å²) >= 11 is 0. The van der Waals surface area contributed by atoms with E-state index in [9.17, 15) is 4.79 Å². The molecule has 1 aromatic carbocycles. The van der Waals surface area contributed by atoms with Crippen LogP contribution in [0, 0.1) is 6.92 Å². The molecule has 0 unspecified atom stereocenters. The molecule has 174 valence electrons. The topological polar surface area (TPSA) is 96.1 Å². The van der Waals surface area contributed by atoms with E-state index in [1.165, 1.54) is 0 Å². The van der Waals surface area contributed by atoms with Crippen LogP contribution < -0.4 is 5.32 Å². The van der Waals surface area contributed by atoms with Gasteiger partial charge in [0.1, 0.15) is 5.69 Å². The monoisotopic (exact) mass is 458 g/mol. The van der Waals surface area contributed by atoms with Crippen LogP contribution >= 0.6 is 0 Å². The van der Waals surface area contributed by atoms with E-state index in [-0.39, 0.29) is 11.9 Å². The van der Waals surface area contributed by atoms with Crippen LogP contribution in [-0.2, 0) is 9.47 Å². The fraction of sp³-hybridized carbons (Fsp3) is 0.360. The molecule has 0 bridgehead atoms. The zero-order valence-electron chi connectivity index (χ0n) is 19.0. The van der Waals surface area contributed by atoms with Gasteiger partial charge in [0.15, 0.2) is 5.79 Å². The zero-order chi connectivity index (χ0) is 23.1. The normalized spacial score (nSPS) is 18.0. The Bertz CT molecular complexity index is 1330. The van der Waals surface area contributed by atoms with E-state index in [1.807, 2.05) is 48.1 Å². The molecule has 4 heterocycles. The number of hydrogen-bond donors (Lipinski definition) is 1. The van der Waals surface area contributed by atoms with E-state index >= 15 is 0 Å². The molecule has 9 nitrogen and oxygen atoms in total. The number of anilines is 1. The number of fused-ring (bicyclic) bond motifs is 1. The van der Waals surface area contributed by atoms with E-state index in [0.717, 1.165) is 48.0 Å². The number of hydrogen-bond acceptors (Lipinski definition) is 6. The second-order valence-corrected chi connectivity index (χ2v) is 8.95. The first-order valence-corrected chi connectivity index (χ1v) is 11.6. The number of aryl methyl sites for hydroxylation is 1. The van der Waals surface area contributed by atoms with Gasteiger partial charge in [-0.15, -0.1) is 0 Å². The Morgan fingerprint density at radius 1 is 1.15 bits per heavy atom. The number of ether oxygens (including phenoxy) is 2. The number of benzene rings is 1. The number of pyridine rings is 1. The second kappa shape index (κ2) is 8.34. The molecule has 1 aliphatic carbocycles. The van der Waals surface area contributed by atoms with Gasteiger partial charge in [0, 0.05) is 42.5 Å². The highest BCUT2D eigenvalue weighted by atomic mass is 16.7. The van der Waals surface area contributed by atoms with Crippen LogP contribution in [0.25, 0.3) is 16.6 Å². The number of nitrogens with zero attached hydrogens (tertiary/aromatic N) is 5. The molecule has 2 fully saturated rings.